The van der Waals surface area contributed by atoms with Crippen molar-refractivity contribution in [2.45, 2.75) is 6.92 Å². The van der Waals surface area contributed by atoms with Crippen LogP contribution in [0.3, 0.4) is 0 Å². The molecule has 2 N–H and O–H groups in total. The molecule has 0 saturated carbocycles. The van der Waals surface area contributed by atoms with Crippen LogP contribution >= 0.6 is 11.6 Å². The van der Waals surface area contributed by atoms with Gasteiger partial charge in [-0.25, -0.2) is 4.99 Å². The first-order chi connectivity index (χ1) is 6.50. The minimum absolute atomic E-state index is 0.596. The predicted molar refractivity (Wildman–Crippen MR) is 62.3 cm³/mol. The lowest BCUT2D eigenvalue weighted by Gasteiger charge is -2.11. The van der Waals surface area contributed by atoms with E-state index in [2.05, 4.69) is 4.99 Å². The number of hydrogen-bond donors (Lipinski definition) is 1. The molecule has 0 fully saturated rings. The van der Waals surface area contributed by atoms with Crippen molar-refractivity contribution < 1.29 is 0 Å². The van der Waals surface area contributed by atoms with Gasteiger partial charge >= 0.3 is 0 Å². The van der Waals surface area contributed by atoms with Gasteiger partial charge in [0.25, 0.3) is 0 Å². The van der Waals surface area contributed by atoms with Crippen LogP contribution in [0.5, 0.6) is 0 Å². The van der Waals surface area contributed by atoms with Crippen molar-refractivity contribution in [3.8, 4) is 0 Å². The van der Waals surface area contributed by atoms with Crippen LogP contribution in [0.1, 0.15) is 6.92 Å². The minimum atomic E-state index is 0.596. The summed E-state index contributed by atoms with van der Waals surface area (Å²) >= 11 is 5.78. The number of nitrogens with zero attached hydrogens (tertiary/aromatic N) is 2. The van der Waals surface area contributed by atoms with Gasteiger partial charge in [0.15, 0.2) is 0 Å². The number of nitrogen functional groups attached to an aromatic ring is 1. The van der Waals surface area contributed by atoms with Crippen molar-refractivity contribution in [2.24, 2.45) is 4.99 Å². The van der Waals surface area contributed by atoms with Crippen LogP contribution in [0.2, 0.25) is 5.02 Å². The zero-order chi connectivity index (χ0) is 10.7. The fraction of sp³-hybridized carbons (Fsp3) is 0.300. The first-order valence-corrected chi connectivity index (χ1v) is 4.66. The molecule has 14 heavy (non-hydrogen) atoms. The Morgan fingerprint density at radius 1 is 1.43 bits per heavy atom. The highest BCUT2D eigenvalue weighted by molar-refractivity contribution is 6.31. The van der Waals surface area contributed by atoms with E-state index in [0.29, 0.717) is 10.7 Å². The normalized spacial score (nSPS) is 11.6. The van der Waals surface area contributed by atoms with Gasteiger partial charge in [-0.2, -0.15) is 0 Å². The summed E-state index contributed by atoms with van der Waals surface area (Å²) in [7, 11) is 3.87. The number of halogens is 1. The van der Waals surface area contributed by atoms with E-state index in [1.165, 1.54) is 0 Å². The third-order valence-electron chi connectivity index (χ3n) is 1.92. The van der Waals surface area contributed by atoms with E-state index in [1.807, 2.05) is 32.0 Å². The van der Waals surface area contributed by atoms with Gasteiger partial charge in [0.1, 0.15) is 5.84 Å². The lowest BCUT2D eigenvalue weighted by molar-refractivity contribution is 0.619. The summed E-state index contributed by atoms with van der Waals surface area (Å²) in [5.41, 5.74) is 7.11. The minimum Gasteiger partial charge on any atom is -0.397 e. The molecule has 0 aliphatic carbocycles. The Hall–Kier alpha value is -1.22. The van der Waals surface area contributed by atoms with Gasteiger partial charge in [-0.05, 0) is 25.1 Å². The average Bonchev–Trinajstić information content (AvgIpc) is 2.09. The second kappa shape index (κ2) is 4.33. The number of anilines is 1. The second-order valence-electron chi connectivity index (χ2n) is 3.26. The maximum absolute atomic E-state index is 5.78. The van der Waals surface area contributed by atoms with Crippen LogP contribution in [0.15, 0.2) is 23.2 Å². The summed E-state index contributed by atoms with van der Waals surface area (Å²) in [5, 5.41) is 0.629. The molecule has 1 aromatic rings. The number of nitrogens with two attached hydrogens (primary N) is 1. The first kappa shape index (κ1) is 10.9. The third-order valence-corrected chi connectivity index (χ3v) is 2.15. The van der Waals surface area contributed by atoms with Crippen molar-refractivity contribution in [1.29, 1.82) is 0 Å². The molecular weight excluding hydrogens is 198 g/mol. The van der Waals surface area contributed by atoms with E-state index in [4.69, 9.17) is 17.3 Å². The van der Waals surface area contributed by atoms with E-state index in [-0.39, 0.29) is 0 Å². The maximum atomic E-state index is 5.78. The molecular formula is C10H14ClN3. The second-order valence-corrected chi connectivity index (χ2v) is 3.69. The summed E-state index contributed by atoms with van der Waals surface area (Å²) in [6.45, 7) is 1.92. The molecule has 0 atom stereocenters. The van der Waals surface area contributed by atoms with Gasteiger partial charge in [0.05, 0.1) is 11.4 Å². The van der Waals surface area contributed by atoms with Gasteiger partial charge in [0.2, 0.25) is 0 Å². The third kappa shape index (κ3) is 2.64. The molecule has 0 aliphatic rings. The molecule has 0 radical (unpaired) electrons. The molecule has 0 saturated heterocycles. The van der Waals surface area contributed by atoms with Gasteiger partial charge in [-0.15, -0.1) is 0 Å². The van der Waals surface area contributed by atoms with E-state index in [0.717, 1.165) is 11.5 Å². The van der Waals surface area contributed by atoms with Crippen LogP contribution in [0.4, 0.5) is 11.4 Å². The molecule has 0 aromatic heterocycles. The van der Waals surface area contributed by atoms with Crippen LogP contribution in [0.25, 0.3) is 0 Å². The number of aliphatic imine (C=N–C) groups is 1. The molecule has 0 bridgehead atoms. The molecule has 0 spiro atoms. The lowest BCUT2D eigenvalue weighted by atomic mass is 10.3. The largest absolute Gasteiger partial charge is 0.397 e. The summed E-state index contributed by atoms with van der Waals surface area (Å²) in [4.78, 5) is 6.28. The molecule has 3 nitrogen and oxygen atoms in total. The van der Waals surface area contributed by atoms with E-state index < -0.39 is 0 Å². The summed E-state index contributed by atoms with van der Waals surface area (Å²) in [5.74, 6) is 0.902. The van der Waals surface area contributed by atoms with Crippen LogP contribution in [-0.2, 0) is 0 Å². The Bertz CT molecular complexity index is 358. The van der Waals surface area contributed by atoms with E-state index in [1.54, 1.807) is 12.1 Å². The molecule has 0 heterocycles. The Balaban J connectivity index is 3.03. The zero-order valence-electron chi connectivity index (χ0n) is 8.58. The quantitative estimate of drug-likeness (QED) is 0.441. The standard InChI is InChI=1S/C10H14ClN3/c1-7(14(2)3)13-10-5-4-8(11)6-9(10)12/h4-6H,12H2,1-3H3. The number of benzene rings is 1. The highest BCUT2D eigenvalue weighted by Crippen LogP contribution is 2.25. The smallest absolute Gasteiger partial charge is 0.101 e. The maximum Gasteiger partial charge on any atom is 0.101 e. The Kier molecular flexibility index (Phi) is 3.36. The fourth-order valence-corrected chi connectivity index (χ4v) is 1.08. The predicted octanol–water partition coefficient (Wildman–Crippen LogP) is 2.53. The number of rotatable bonds is 1. The van der Waals surface area contributed by atoms with Gasteiger partial charge in [0, 0.05) is 19.1 Å². The SMILES string of the molecule is CC(=Nc1ccc(Cl)cc1N)N(C)C. The molecule has 0 aliphatic heterocycles. The van der Waals surface area contributed by atoms with Crippen LogP contribution < -0.4 is 5.73 Å². The lowest BCUT2D eigenvalue weighted by Crippen LogP contribution is -2.17. The molecule has 0 amide bonds. The Morgan fingerprint density at radius 2 is 2.07 bits per heavy atom. The molecule has 4 heteroatoms. The summed E-state index contributed by atoms with van der Waals surface area (Å²) in [6.07, 6.45) is 0. The van der Waals surface area contributed by atoms with Crippen molar-refractivity contribution in [3.05, 3.63) is 23.2 Å². The monoisotopic (exact) mass is 211 g/mol. The molecule has 1 rings (SSSR count). The van der Waals surface area contributed by atoms with Gasteiger partial charge in [-0.1, -0.05) is 11.6 Å². The highest BCUT2D eigenvalue weighted by Gasteiger charge is 1.99. The highest BCUT2D eigenvalue weighted by atomic mass is 35.5. The van der Waals surface area contributed by atoms with Crippen molar-refractivity contribution >= 4 is 28.8 Å². The van der Waals surface area contributed by atoms with Gasteiger partial charge < -0.3 is 10.6 Å². The van der Waals surface area contributed by atoms with Crippen LogP contribution in [-0.4, -0.2) is 24.8 Å². The fourth-order valence-electron chi connectivity index (χ4n) is 0.902. The zero-order valence-corrected chi connectivity index (χ0v) is 9.34. The van der Waals surface area contributed by atoms with E-state index >= 15 is 0 Å². The average molecular weight is 212 g/mol. The molecule has 0 unspecified atom stereocenters. The summed E-state index contributed by atoms with van der Waals surface area (Å²) < 4.78 is 0. The number of amidine groups is 1. The topological polar surface area (TPSA) is 41.6 Å². The molecule has 76 valence electrons. The van der Waals surface area contributed by atoms with Crippen LogP contribution in [0, 0.1) is 0 Å². The van der Waals surface area contributed by atoms with Crippen molar-refractivity contribution in [2.75, 3.05) is 19.8 Å². The van der Waals surface area contributed by atoms with Crippen molar-refractivity contribution in [1.82, 2.24) is 4.90 Å². The first-order valence-electron chi connectivity index (χ1n) is 4.28. The summed E-state index contributed by atoms with van der Waals surface area (Å²) in [6, 6.07) is 5.29. The molecule has 1 aromatic carbocycles. The van der Waals surface area contributed by atoms with E-state index in [9.17, 15) is 0 Å². The Labute approximate surface area is 89.2 Å². The number of hydrogen-bond acceptors (Lipinski definition) is 2. The van der Waals surface area contributed by atoms with Crippen molar-refractivity contribution in [3.63, 3.8) is 0 Å². The Morgan fingerprint density at radius 3 is 2.57 bits per heavy atom. The van der Waals surface area contributed by atoms with Gasteiger partial charge in [-0.3, -0.25) is 0 Å².